The van der Waals surface area contributed by atoms with Crippen LogP contribution in [0.15, 0.2) is 16.5 Å². The molecule has 3 heteroatoms. The van der Waals surface area contributed by atoms with Crippen LogP contribution in [0.4, 0.5) is 0 Å². The summed E-state index contributed by atoms with van der Waals surface area (Å²) in [7, 11) is 1.69. The fourth-order valence-electron chi connectivity index (χ4n) is 1.10. The summed E-state index contributed by atoms with van der Waals surface area (Å²) in [6.07, 6.45) is 2.27. The van der Waals surface area contributed by atoms with Crippen LogP contribution in [-0.4, -0.2) is 11.5 Å². The number of ether oxygens (including phenoxy) is 1. The van der Waals surface area contributed by atoms with Crippen molar-refractivity contribution >= 4 is 22.6 Å². The SMILES string of the molecule is CO[C@H](C)c1ccc(CCCI)o1. The monoisotopic (exact) mass is 294 g/mol. The van der Waals surface area contributed by atoms with Crippen molar-refractivity contribution in [1.29, 1.82) is 0 Å². The fraction of sp³-hybridized carbons (Fsp3) is 0.600. The van der Waals surface area contributed by atoms with Crippen molar-refractivity contribution in [2.24, 2.45) is 0 Å². The Labute approximate surface area is 92.8 Å². The Morgan fingerprint density at radius 1 is 1.54 bits per heavy atom. The normalized spacial score (nSPS) is 13.2. The maximum absolute atomic E-state index is 5.61. The minimum atomic E-state index is 0.0633. The second-order valence-corrected chi connectivity index (χ2v) is 4.05. The molecule has 74 valence electrons. The molecule has 0 N–H and O–H groups in total. The highest BCUT2D eigenvalue weighted by atomic mass is 127. The lowest BCUT2D eigenvalue weighted by Gasteiger charge is -2.04. The molecule has 2 nitrogen and oxygen atoms in total. The van der Waals surface area contributed by atoms with Gasteiger partial charge in [0.15, 0.2) is 0 Å². The molecule has 0 aliphatic heterocycles. The smallest absolute Gasteiger partial charge is 0.132 e. The standard InChI is InChI=1S/C10H15IO2/c1-8(12-2)10-6-5-9(13-10)4-3-7-11/h5-6,8H,3-4,7H2,1-2H3/t8-/m1/s1. The summed E-state index contributed by atoms with van der Waals surface area (Å²) in [4.78, 5) is 0. The number of furan rings is 1. The summed E-state index contributed by atoms with van der Waals surface area (Å²) < 4.78 is 11.9. The van der Waals surface area contributed by atoms with Gasteiger partial charge in [-0.1, -0.05) is 22.6 Å². The van der Waals surface area contributed by atoms with E-state index < -0.39 is 0 Å². The number of rotatable bonds is 5. The third-order valence-corrected chi connectivity index (χ3v) is 2.76. The van der Waals surface area contributed by atoms with Crippen LogP contribution < -0.4 is 0 Å². The predicted octanol–water partition coefficient (Wildman–Crippen LogP) is 3.35. The summed E-state index contributed by atoms with van der Waals surface area (Å²) in [6, 6.07) is 4.04. The van der Waals surface area contributed by atoms with E-state index in [2.05, 4.69) is 22.6 Å². The lowest BCUT2D eigenvalue weighted by molar-refractivity contribution is 0.0983. The molecule has 0 amide bonds. The Morgan fingerprint density at radius 3 is 2.92 bits per heavy atom. The Kier molecular flexibility index (Phi) is 4.80. The number of hydrogen-bond acceptors (Lipinski definition) is 2. The third-order valence-electron chi connectivity index (χ3n) is 1.99. The molecule has 0 unspecified atom stereocenters. The van der Waals surface area contributed by atoms with E-state index in [9.17, 15) is 0 Å². The first kappa shape index (κ1) is 11.0. The van der Waals surface area contributed by atoms with Gasteiger partial charge < -0.3 is 9.15 Å². The highest BCUT2D eigenvalue weighted by Crippen LogP contribution is 2.19. The van der Waals surface area contributed by atoms with Crippen LogP contribution in [-0.2, 0) is 11.2 Å². The molecule has 1 aromatic heterocycles. The van der Waals surface area contributed by atoms with Crippen LogP contribution in [0.3, 0.4) is 0 Å². The van der Waals surface area contributed by atoms with Gasteiger partial charge >= 0.3 is 0 Å². The van der Waals surface area contributed by atoms with Crippen molar-refractivity contribution in [2.45, 2.75) is 25.9 Å². The zero-order valence-corrected chi connectivity index (χ0v) is 10.2. The Morgan fingerprint density at radius 2 is 2.31 bits per heavy atom. The number of hydrogen-bond donors (Lipinski definition) is 0. The molecule has 0 radical (unpaired) electrons. The van der Waals surface area contributed by atoms with Crippen molar-refractivity contribution < 1.29 is 9.15 Å². The molecule has 13 heavy (non-hydrogen) atoms. The molecular formula is C10H15IO2. The van der Waals surface area contributed by atoms with Crippen LogP contribution in [0.25, 0.3) is 0 Å². The maximum Gasteiger partial charge on any atom is 0.132 e. The first-order chi connectivity index (χ1) is 6.27. The quantitative estimate of drug-likeness (QED) is 0.614. The largest absolute Gasteiger partial charge is 0.463 e. The molecule has 0 fully saturated rings. The van der Waals surface area contributed by atoms with E-state index in [-0.39, 0.29) is 6.10 Å². The second kappa shape index (κ2) is 5.65. The molecule has 1 rings (SSSR count). The van der Waals surface area contributed by atoms with Crippen LogP contribution in [0.2, 0.25) is 0 Å². The van der Waals surface area contributed by atoms with Crippen molar-refractivity contribution in [3.63, 3.8) is 0 Å². The van der Waals surface area contributed by atoms with Gasteiger partial charge in [-0.3, -0.25) is 0 Å². The third kappa shape index (κ3) is 3.31. The van der Waals surface area contributed by atoms with E-state index in [1.807, 2.05) is 19.1 Å². The maximum atomic E-state index is 5.61. The molecule has 0 saturated heterocycles. The molecule has 0 aliphatic carbocycles. The zero-order valence-electron chi connectivity index (χ0n) is 8.05. The van der Waals surface area contributed by atoms with Gasteiger partial charge in [0, 0.05) is 13.5 Å². The fourth-order valence-corrected chi connectivity index (χ4v) is 1.49. The second-order valence-electron chi connectivity index (χ2n) is 2.97. The van der Waals surface area contributed by atoms with Crippen LogP contribution >= 0.6 is 22.6 Å². The lowest BCUT2D eigenvalue weighted by atomic mass is 10.3. The number of halogens is 1. The van der Waals surface area contributed by atoms with Crippen LogP contribution in [0, 0.1) is 0 Å². The van der Waals surface area contributed by atoms with Crippen molar-refractivity contribution in [2.75, 3.05) is 11.5 Å². The molecular weight excluding hydrogens is 279 g/mol. The first-order valence-corrected chi connectivity index (χ1v) is 5.98. The molecule has 1 heterocycles. The summed E-state index contributed by atoms with van der Waals surface area (Å²) in [6.45, 7) is 1.99. The average Bonchev–Trinajstić information content (AvgIpc) is 2.62. The van der Waals surface area contributed by atoms with Gasteiger partial charge in [0.2, 0.25) is 0 Å². The first-order valence-electron chi connectivity index (χ1n) is 4.45. The van der Waals surface area contributed by atoms with Gasteiger partial charge in [-0.25, -0.2) is 0 Å². The highest BCUT2D eigenvalue weighted by Gasteiger charge is 2.08. The minimum absolute atomic E-state index is 0.0633. The van der Waals surface area contributed by atoms with E-state index >= 15 is 0 Å². The highest BCUT2D eigenvalue weighted by molar-refractivity contribution is 14.1. The van der Waals surface area contributed by atoms with Gasteiger partial charge in [0.25, 0.3) is 0 Å². The Hall–Kier alpha value is -0.0300. The Bertz CT molecular complexity index is 245. The average molecular weight is 294 g/mol. The van der Waals surface area contributed by atoms with E-state index in [1.165, 1.54) is 10.8 Å². The molecule has 0 aromatic carbocycles. The zero-order chi connectivity index (χ0) is 9.68. The molecule has 0 bridgehead atoms. The molecule has 0 spiro atoms. The summed E-state index contributed by atoms with van der Waals surface area (Å²) in [5, 5.41) is 0. The van der Waals surface area contributed by atoms with E-state index in [1.54, 1.807) is 7.11 Å². The number of aryl methyl sites for hydroxylation is 1. The lowest BCUT2D eigenvalue weighted by Crippen LogP contribution is -1.92. The Balaban J connectivity index is 2.53. The number of alkyl halides is 1. The summed E-state index contributed by atoms with van der Waals surface area (Å²) in [5.41, 5.74) is 0. The topological polar surface area (TPSA) is 22.4 Å². The molecule has 0 saturated carbocycles. The van der Waals surface area contributed by atoms with Gasteiger partial charge in [-0.15, -0.1) is 0 Å². The molecule has 1 atom stereocenters. The van der Waals surface area contributed by atoms with Crippen LogP contribution in [0.5, 0.6) is 0 Å². The van der Waals surface area contributed by atoms with Crippen molar-refractivity contribution in [3.8, 4) is 0 Å². The minimum Gasteiger partial charge on any atom is -0.463 e. The summed E-state index contributed by atoms with van der Waals surface area (Å²) >= 11 is 2.38. The molecule has 1 aromatic rings. The van der Waals surface area contributed by atoms with Gasteiger partial charge in [-0.05, 0) is 29.9 Å². The van der Waals surface area contributed by atoms with E-state index in [0.29, 0.717) is 0 Å². The van der Waals surface area contributed by atoms with Crippen molar-refractivity contribution in [3.05, 3.63) is 23.7 Å². The number of methoxy groups -OCH3 is 1. The molecule has 0 aliphatic rings. The van der Waals surface area contributed by atoms with E-state index in [4.69, 9.17) is 9.15 Å². The predicted molar refractivity (Wildman–Crippen MR) is 61.3 cm³/mol. The summed E-state index contributed by atoms with van der Waals surface area (Å²) in [5.74, 6) is 1.99. The van der Waals surface area contributed by atoms with Gasteiger partial charge in [0.05, 0.1) is 0 Å². The van der Waals surface area contributed by atoms with Crippen molar-refractivity contribution in [1.82, 2.24) is 0 Å². The van der Waals surface area contributed by atoms with E-state index in [0.717, 1.165) is 17.9 Å². The van der Waals surface area contributed by atoms with Gasteiger partial charge in [0.1, 0.15) is 17.6 Å². The van der Waals surface area contributed by atoms with Gasteiger partial charge in [-0.2, -0.15) is 0 Å². The van der Waals surface area contributed by atoms with Crippen LogP contribution in [0.1, 0.15) is 31.0 Å².